The van der Waals surface area contributed by atoms with E-state index in [1.165, 1.54) is 25.2 Å². The number of halogens is 4. The third-order valence-corrected chi connectivity index (χ3v) is 7.66. The van der Waals surface area contributed by atoms with E-state index < -0.39 is 21.8 Å². The first kappa shape index (κ1) is 22.3. The monoisotopic (exact) mass is 499 g/mol. The Morgan fingerprint density at radius 2 is 1.69 bits per heavy atom. The van der Waals surface area contributed by atoms with E-state index in [0.717, 1.165) is 27.8 Å². The van der Waals surface area contributed by atoms with Gasteiger partial charge in [0.2, 0.25) is 5.82 Å². The molecule has 0 aliphatic rings. The number of thiophene rings is 1. The van der Waals surface area contributed by atoms with Crippen molar-refractivity contribution < 1.29 is 26.1 Å². The van der Waals surface area contributed by atoms with E-state index in [0.29, 0.717) is 16.3 Å². The fourth-order valence-corrected chi connectivity index (χ4v) is 5.47. The number of sulfonamides is 1. The zero-order valence-electron chi connectivity index (χ0n) is 16.2. The van der Waals surface area contributed by atoms with Gasteiger partial charge in [0, 0.05) is 17.6 Å². The summed E-state index contributed by atoms with van der Waals surface area (Å²) < 4.78 is 71.0. The van der Waals surface area contributed by atoms with E-state index in [2.05, 4.69) is 10.1 Å². The van der Waals surface area contributed by atoms with Crippen molar-refractivity contribution in [2.45, 2.75) is 11.1 Å². The molecule has 0 unspecified atom stereocenters. The van der Waals surface area contributed by atoms with Crippen LogP contribution >= 0.6 is 22.9 Å². The fourth-order valence-electron chi connectivity index (χ4n) is 2.84. The van der Waals surface area contributed by atoms with Crippen molar-refractivity contribution in [2.75, 3.05) is 11.4 Å². The minimum atomic E-state index is -4.46. The molecular weight excluding hydrogens is 487 g/mol. The van der Waals surface area contributed by atoms with Crippen LogP contribution < -0.4 is 4.31 Å². The van der Waals surface area contributed by atoms with Gasteiger partial charge in [-0.15, -0.1) is 11.3 Å². The van der Waals surface area contributed by atoms with Gasteiger partial charge in [0.1, 0.15) is 9.77 Å². The average Bonchev–Trinajstić information content (AvgIpc) is 3.43. The maximum atomic E-state index is 13.2. The van der Waals surface area contributed by atoms with E-state index in [1.807, 2.05) is 0 Å². The van der Waals surface area contributed by atoms with Gasteiger partial charge in [0.05, 0.1) is 11.3 Å². The predicted octanol–water partition coefficient (Wildman–Crippen LogP) is 5.96. The molecule has 2 heterocycles. The van der Waals surface area contributed by atoms with E-state index in [9.17, 15) is 21.6 Å². The lowest BCUT2D eigenvalue weighted by Gasteiger charge is -2.19. The molecule has 2 aromatic carbocycles. The van der Waals surface area contributed by atoms with E-state index in [-0.39, 0.29) is 21.5 Å². The molecule has 0 fully saturated rings. The second-order valence-corrected chi connectivity index (χ2v) is 9.85. The van der Waals surface area contributed by atoms with Crippen molar-refractivity contribution in [2.24, 2.45) is 0 Å². The summed E-state index contributed by atoms with van der Waals surface area (Å²) in [6, 6.07) is 12.0. The molecule has 4 aromatic rings. The zero-order valence-corrected chi connectivity index (χ0v) is 18.6. The summed E-state index contributed by atoms with van der Waals surface area (Å²) in [6.07, 6.45) is -4.46. The molecule has 0 spiro atoms. The van der Waals surface area contributed by atoms with Crippen LogP contribution in [0.1, 0.15) is 5.56 Å². The lowest BCUT2D eigenvalue weighted by Crippen LogP contribution is -2.26. The van der Waals surface area contributed by atoms with Crippen LogP contribution in [-0.4, -0.2) is 25.6 Å². The summed E-state index contributed by atoms with van der Waals surface area (Å²) in [5, 5.41) is 5.83. The molecule has 0 aliphatic heterocycles. The summed E-state index contributed by atoms with van der Waals surface area (Å²) in [6.45, 7) is 0. The van der Waals surface area contributed by atoms with Crippen LogP contribution in [0.15, 0.2) is 69.4 Å². The topological polar surface area (TPSA) is 76.3 Å². The van der Waals surface area contributed by atoms with Gasteiger partial charge in [-0.25, -0.2) is 8.42 Å². The first-order chi connectivity index (χ1) is 15.1. The van der Waals surface area contributed by atoms with Crippen molar-refractivity contribution in [1.29, 1.82) is 0 Å². The Labute approximate surface area is 189 Å². The van der Waals surface area contributed by atoms with Crippen LogP contribution in [0.25, 0.3) is 22.2 Å². The Hall–Kier alpha value is -2.89. The SMILES string of the molecule is CN(c1ccc(Cl)cc1)S(=O)(=O)c1ccsc1-c1nc(-c2ccc(C(F)(F)F)cc2)no1. The molecule has 0 saturated carbocycles. The van der Waals surface area contributed by atoms with Crippen LogP contribution in [0, 0.1) is 0 Å². The fraction of sp³-hybridized carbons (Fsp3) is 0.100. The number of rotatable bonds is 5. The number of hydrogen-bond donors (Lipinski definition) is 0. The van der Waals surface area contributed by atoms with Crippen LogP contribution in [0.2, 0.25) is 5.02 Å². The quantitative estimate of drug-likeness (QED) is 0.338. The minimum Gasteiger partial charge on any atom is -0.333 e. The molecular formula is C20H13ClF3N3O3S2. The van der Waals surface area contributed by atoms with Crippen LogP contribution in [0.5, 0.6) is 0 Å². The number of benzene rings is 2. The van der Waals surface area contributed by atoms with Crippen molar-refractivity contribution >= 4 is 38.6 Å². The molecule has 32 heavy (non-hydrogen) atoms. The van der Waals surface area contributed by atoms with E-state index in [4.69, 9.17) is 16.1 Å². The largest absolute Gasteiger partial charge is 0.416 e. The lowest BCUT2D eigenvalue weighted by molar-refractivity contribution is -0.137. The molecule has 12 heteroatoms. The molecule has 166 valence electrons. The lowest BCUT2D eigenvalue weighted by atomic mass is 10.1. The number of aromatic nitrogens is 2. The normalized spacial score (nSPS) is 12.2. The van der Waals surface area contributed by atoms with E-state index >= 15 is 0 Å². The highest BCUT2D eigenvalue weighted by Crippen LogP contribution is 2.36. The maximum Gasteiger partial charge on any atom is 0.416 e. The first-order valence-electron chi connectivity index (χ1n) is 8.91. The smallest absolute Gasteiger partial charge is 0.333 e. The highest BCUT2D eigenvalue weighted by Gasteiger charge is 2.31. The molecule has 0 radical (unpaired) electrons. The summed E-state index contributed by atoms with van der Waals surface area (Å²) >= 11 is 6.96. The Balaban J connectivity index is 1.66. The second-order valence-electron chi connectivity index (χ2n) is 6.56. The molecule has 0 aliphatic carbocycles. The number of nitrogens with zero attached hydrogens (tertiary/aromatic N) is 3. The third-order valence-electron chi connectivity index (χ3n) is 4.55. The molecule has 0 bridgehead atoms. The molecule has 0 atom stereocenters. The van der Waals surface area contributed by atoms with E-state index in [1.54, 1.807) is 29.6 Å². The standard InChI is InChI=1S/C20H13ClF3N3O3S2/c1-27(15-8-6-14(21)7-9-15)32(28,29)16-10-11-31-17(16)19-25-18(26-30-19)12-2-4-13(5-3-12)20(22,23)24/h2-11H,1H3. The minimum absolute atomic E-state index is 0.0385. The van der Waals surface area contributed by atoms with Gasteiger partial charge < -0.3 is 4.52 Å². The summed E-state index contributed by atoms with van der Waals surface area (Å²) in [7, 11) is -2.57. The molecule has 0 saturated heterocycles. The Morgan fingerprint density at radius 3 is 2.31 bits per heavy atom. The highest BCUT2D eigenvalue weighted by atomic mass is 35.5. The van der Waals surface area contributed by atoms with Crippen molar-refractivity contribution in [1.82, 2.24) is 10.1 Å². The summed E-state index contributed by atoms with van der Waals surface area (Å²) in [4.78, 5) is 4.36. The Kier molecular flexibility index (Phi) is 5.74. The molecule has 6 nitrogen and oxygen atoms in total. The predicted molar refractivity (Wildman–Crippen MR) is 115 cm³/mol. The van der Waals surface area contributed by atoms with Gasteiger partial charge in [-0.1, -0.05) is 28.9 Å². The van der Waals surface area contributed by atoms with Crippen molar-refractivity contribution in [3.8, 4) is 22.2 Å². The van der Waals surface area contributed by atoms with Gasteiger partial charge in [-0.05, 0) is 47.8 Å². The van der Waals surface area contributed by atoms with Gasteiger partial charge in [0.25, 0.3) is 15.9 Å². The summed E-state index contributed by atoms with van der Waals surface area (Å²) in [5.74, 6) is -0.0190. The Morgan fingerprint density at radius 1 is 1.03 bits per heavy atom. The highest BCUT2D eigenvalue weighted by molar-refractivity contribution is 7.93. The van der Waals surface area contributed by atoms with Gasteiger partial charge in [-0.2, -0.15) is 18.2 Å². The van der Waals surface area contributed by atoms with Gasteiger partial charge >= 0.3 is 6.18 Å². The van der Waals surface area contributed by atoms with Gasteiger partial charge in [-0.3, -0.25) is 4.31 Å². The number of alkyl halides is 3. The number of anilines is 1. The van der Waals surface area contributed by atoms with Crippen LogP contribution in [0.4, 0.5) is 18.9 Å². The average molecular weight is 500 g/mol. The third kappa shape index (κ3) is 4.23. The van der Waals surface area contributed by atoms with Gasteiger partial charge in [0.15, 0.2) is 0 Å². The summed E-state index contributed by atoms with van der Waals surface area (Å²) in [5.41, 5.74) is -0.100. The molecule has 2 aromatic heterocycles. The van der Waals surface area contributed by atoms with Crippen molar-refractivity contribution in [3.05, 3.63) is 70.6 Å². The zero-order chi connectivity index (χ0) is 23.1. The molecule has 4 rings (SSSR count). The maximum absolute atomic E-state index is 13.2. The second kappa shape index (κ2) is 8.23. The number of hydrogen-bond acceptors (Lipinski definition) is 6. The van der Waals surface area contributed by atoms with Crippen LogP contribution in [0.3, 0.4) is 0 Å². The molecule has 0 amide bonds. The molecule has 0 N–H and O–H groups in total. The van der Waals surface area contributed by atoms with Crippen LogP contribution in [-0.2, 0) is 16.2 Å². The first-order valence-corrected chi connectivity index (χ1v) is 11.6. The Bertz CT molecular complexity index is 1350. The van der Waals surface area contributed by atoms with Crippen molar-refractivity contribution in [3.63, 3.8) is 0 Å².